The second kappa shape index (κ2) is 8.16. The first-order valence-corrected chi connectivity index (χ1v) is 7.35. The van der Waals surface area contributed by atoms with Gasteiger partial charge in [0.15, 0.2) is 5.78 Å². The van der Waals surface area contributed by atoms with Crippen molar-refractivity contribution in [3.8, 4) is 5.75 Å². The largest absolute Gasteiger partial charge is 1.00 e. The second-order valence-electron chi connectivity index (χ2n) is 4.24. The number of allylic oxidation sites excluding steroid dienone is 1. The molecule has 7 heteroatoms. The van der Waals surface area contributed by atoms with Gasteiger partial charge in [0.25, 0.3) is 0 Å². The van der Waals surface area contributed by atoms with Crippen molar-refractivity contribution >= 4 is 22.0 Å². The third kappa shape index (κ3) is 5.13. The fourth-order valence-electron chi connectivity index (χ4n) is 1.72. The van der Waals surface area contributed by atoms with E-state index in [4.69, 9.17) is 0 Å². The monoisotopic (exact) mass is 342 g/mol. The van der Waals surface area contributed by atoms with Crippen molar-refractivity contribution in [1.82, 2.24) is 0 Å². The number of benzene rings is 2. The van der Waals surface area contributed by atoms with Gasteiger partial charge in [-0.2, -0.15) is 0 Å². The summed E-state index contributed by atoms with van der Waals surface area (Å²) in [5, 5.41) is 9.55. The summed E-state index contributed by atoms with van der Waals surface area (Å²) in [6.07, 6.45) is 2.58. The molecule has 0 atom stereocenters. The van der Waals surface area contributed by atoms with Crippen LogP contribution in [0.2, 0.25) is 0 Å². The number of carbonyl (C=O) groups excluding carboxylic acids is 1. The summed E-state index contributed by atoms with van der Waals surface area (Å²) in [6, 6.07) is 11.4. The number of para-hydroxylation sites is 1. The maximum atomic E-state index is 11.9. The summed E-state index contributed by atoms with van der Waals surface area (Å²) in [4.78, 5) is 11.5. The molecule has 0 fully saturated rings. The Kier molecular flexibility index (Phi) is 7.14. The van der Waals surface area contributed by atoms with Crippen LogP contribution in [-0.2, 0) is 10.1 Å². The van der Waals surface area contributed by atoms with E-state index in [0.717, 1.165) is 0 Å². The molecule has 0 aromatic heterocycles. The fourth-order valence-corrected chi connectivity index (χ4v) is 2.24. The van der Waals surface area contributed by atoms with Crippen LogP contribution in [0, 0.1) is 0 Å². The number of phenolic OH excluding ortho intramolecular Hbond substituents is 1. The van der Waals surface area contributed by atoms with E-state index in [9.17, 15) is 22.9 Å². The van der Waals surface area contributed by atoms with Crippen LogP contribution in [0.15, 0.2) is 59.5 Å². The first-order chi connectivity index (χ1) is 9.88. The van der Waals surface area contributed by atoms with E-state index in [2.05, 4.69) is 0 Å². The molecule has 2 rings (SSSR count). The van der Waals surface area contributed by atoms with E-state index in [1.165, 1.54) is 42.5 Å². The Morgan fingerprint density at radius 1 is 1.09 bits per heavy atom. The normalized spacial score (nSPS) is 11.1. The van der Waals surface area contributed by atoms with Gasteiger partial charge in [0.2, 0.25) is 0 Å². The van der Waals surface area contributed by atoms with Crippen LogP contribution in [0.3, 0.4) is 0 Å². The first-order valence-electron chi connectivity index (χ1n) is 5.94. The van der Waals surface area contributed by atoms with Gasteiger partial charge in [0, 0.05) is 0 Å². The van der Waals surface area contributed by atoms with Crippen molar-refractivity contribution in [2.75, 3.05) is 0 Å². The quantitative estimate of drug-likeness (QED) is 0.340. The van der Waals surface area contributed by atoms with Crippen molar-refractivity contribution < 1.29 is 74.3 Å². The van der Waals surface area contributed by atoms with Gasteiger partial charge in [0.1, 0.15) is 15.9 Å². The van der Waals surface area contributed by atoms with E-state index < -0.39 is 15.9 Å². The molecule has 0 saturated heterocycles. The minimum Gasteiger partial charge on any atom is -0.744 e. The van der Waals surface area contributed by atoms with Crippen molar-refractivity contribution in [3.05, 3.63) is 65.7 Å². The molecule has 0 radical (unpaired) electrons. The average Bonchev–Trinajstić information content (AvgIpc) is 2.45. The minimum atomic E-state index is -4.53. The number of ketones is 1. The number of aromatic hydroxyl groups is 1. The molecule has 0 saturated carbocycles. The van der Waals surface area contributed by atoms with Crippen LogP contribution in [0.5, 0.6) is 5.75 Å². The summed E-state index contributed by atoms with van der Waals surface area (Å²) in [6.45, 7) is 0. The summed E-state index contributed by atoms with van der Waals surface area (Å²) < 4.78 is 32.7. The molecule has 108 valence electrons. The number of rotatable bonds is 4. The Bertz CT molecular complexity index is 812. The van der Waals surface area contributed by atoms with Crippen LogP contribution in [0.4, 0.5) is 0 Å². The van der Waals surface area contributed by atoms with Crippen molar-refractivity contribution in [2.24, 2.45) is 0 Å². The zero-order chi connectivity index (χ0) is 15.5. The summed E-state index contributed by atoms with van der Waals surface area (Å²) in [5.74, 6) is -0.563. The van der Waals surface area contributed by atoms with Gasteiger partial charge in [-0.25, -0.2) is 8.42 Å². The van der Waals surface area contributed by atoms with Gasteiger partial charge in [-0.15, -0.1) is 0 Å². The van der Waals surface area contributed by atoms with E-state index in [-0.39, 0.29) is 67.6 Å². The zero-order valence-corrected chi connectivity index (χ0v) is 15.7. The molecule has 2 aromatic rings. The third-order valence-electron chi connectivity index (χ3n) is 2.74. The topological polar surface area (TPSA) is 94.5 Å². The van der Waals surface area contributed by atoms with Crippen LogP contribution in [-0.4, -0.2) is 23.9 Å². The average molecular weight is 342 g/mol. The standard InChI is InChI=1S/C15H12O5S.K/c16-14-7-2-1-6-13(14)15(17)9-8-11-4-3-5-12(10-11)21(18,19)20;/h1-10,16H,(H,18,19,20);/q;+1/p-1/b9-8+;. The molecule has 0 aliphatic carbocycles. The maximum Gasteiger partial charge on any atom is 1.00 e. The third-order valence-corrected chi connectivity index (χ3v) is 3.57. The second-order valence-corrected chi connectivity index (χ2v) is 5.62. The van der Waals surface area contributed by atoms with Crippen LogP contribution in [0.1, 0.15) is 15.9 Å². The fraction of sp³-hybridized carbons (Fsp3) is 0. The minimum absolute atomic E-state index is 0. The maximum absolute atomic E-state index is 11.9. The Balaban J connectivity index is 0.00000242. The molecule has 0 aliphatic rings. The predicted molar refractivity (Wildman–Crippen MR) is 75.9 cm³/mol. The molecule has 0 heterocycles. The molecule has 0 amide bonds. The Morgan fingerprint density at radius 3 is 2.41 bits per heavy atom. The Morgan fingerprint density at radius 2 is 1.77 bits per heavy atom. The number of phenols is 1. The molecule has 0 aliphatic heterocycles. The smallest absolute Gasteiger partial charge is 0.744 e. The van der Waals surface area contributed by atoms with Gasteiger partial charge >= 0.3 is 51.4 Å². The Hall–Kier alpha value is -0.804. The Labute approximate surface area is 170 Å². The van der Waals surface area contributed by atoms with Crippen molar-refractivity contribution in [2.45, 2.75) is 4.90 Å². The molecule has 2 aromatic carbocycles. The van der Waals surface area contributed by atoms with E-state index in [1.54, 1.807) is 18.2 Å². The van der Waals surface area contributed by atoms with Crippen LogP contribution >= 0.6 is 0 Å². The van der Waals surface area contributed by atoms with E-state index >= 15 is 0 Å². The van der Waals surface area contributed by atoms with E-state index in [1.807, 2.05) is 0 Å². The van der Waals surface area contributed by atoms with Gasteiger partial charge in [-0.3, -0.25) is 4.79 Å². The van der Waals surface area contributed by atoms with Gasteiger partial charge < -0.3 is 9.66 Å². The van der Waals surface area contributed by atoms with Crippen LogP contribution < -0.4 is 51.4 Å². The van der Waals surface area contributed by atoms with E-state index in [0.29, 0.717) is 5.56 Å². The summed E-state index contributed by atoms with van der Waals surface area (Å²) in [7, 11) is -4.53. The van der Waals surface area contributed by atoms with Crippen molar-refractivity contribution in [3.63, 3.8) is 0 Å². The molecular weight excluding hydrogens is 331 g/mol. The summed E-state index contributed by atoms with van der Waals surface area (Å²) in [5.41, 5.74) is 0.539. The van der Waals surface area contributed by atoms with Gasteiger partial charge in [-0.05, 0) is 35.9 Å². The SMILES string of the molecule is O=C(/C=C/c1cccc(S(=O)(=O)[O-])c1)c1ccccc1O.[K+]. The summed E-state index contributed by atoms with van der Waals surface area (Å²) >= 11 is 0. The first kappa shape index (κ1) is 19.2. The molecule has 0 spiro atoms. The number of carbonyl (C=O) groups is 1. The van der Waals surface area contributed by atoms with Crippen LogP contribution in [0.25, 0.3) is 6.08 Å². The van der Waals surface area contributed by atoms with Crippen molar-refractivity contribution in [1.29, 1.82) is 0 Å². The number of hydrogen-bond acceptors (Lipinski definition) is 5. The number of hydrogen-bond donors (Lipinski definition) is 1. The molecule has 1 N–H and O–H groups in total. The molecule has 0 bridgehead atoms. The predicted octanol–water partition coefficient (Wildman–Crippen LogP) is -0.804. The molecule has 22 heavy (non-hydrogen) atoms. The van der Waals surface area contributed by atoms with Gasteiger partial charge in [-0.1, -0.05) is 30.3 Å². The van der Waals surface area contributed by atoms with Gasteiger partial charge in [0.05, 0.1) is 10.5 Å². The zero-order valence-electron chi connectivity index (χ0n) is 11.8. The molecular formula is C15H11KO5S. The molecule has 0 unspecified atom stereocenters. The molecule has 5 nitrogen and oxygen atoms in total.